The van der Waals surface area contributed by atoms with E-state index in [4.69, 9.17) is 9.47 Å². The van der Waals surface area contributed by atoms with Crippen LogP contribution in [-0.4, -0.2) is 23.1 Å². The summed E-state index contributed by atoms with van der Waals surface area (Å²) in [5.41, 5.74) is 5.43. The van der Waals surface area contributed by atoms with E-state index in [1.54, 1.807) is 0 Å². The molecule has 0 saturated carbocycles. The Morgan fingerprint density at radius 3 is 1.89 bits per heavy atom. The maximum atomic E-state index is 11.4. The molecule has 0 aromatic heterocycles. The van der Waals surface area contributed by atoms with Gasteiger partial charge >= 0.3 is 0 Å². The Kier molecular flexibility index (Phi) is 7.65. The van der Waals surface area contributed by atoms with E-state index >= 15 is 0 Å². The zero-order valence-corrected chi connectivity index (χ0v) is 20.7. The highest BCUT2D eigenvalue weighted by atomic mass is 16.5. The molecule has 4 aromatic carbocycles. The zero-order chi connectivity index (χ0) is 24.7. The number of benzene rings is 4. The molecule has 2 atom stereocenters. The molecule has 0 bridgehead atoms. The minimum Gasteiger partial charge on any atom is -0.485 e. The molecule has 4 nitrogen and oxygen atoms in total. The van der Waals surface area contributed by atoms with Crippen molar-refractivity contribution < 1.29 is 14.6 Å². The largest absolute Gasteiger partial charge is 0.485 e. The summed E-state index contributed by atoms with van der Waals surface area (Å²) in [7, 11) is 2.09. The molecular weight excluding hydrogens is 446 g/mol. The number of hydrogen-bond acceptors (Lipinski definition) is 4. The Morgan fingerprint density at radius 1 is 0.722 bits per heavy atom. The van der Waals surface area contributed by atoms with E-state index < -0.39 is 6.10 Å². The van der Waals surface area contributed by atoms with Gasteiger partial charge in [-0.3, -0.25) is 4.90 Å². The maximum absolute atomic E-state index is 11.4. The lowest BCUT2D eigenvalue weighted by atomic mass is 9.84. The van der Waals surface area contributed by atoms with Crippen LogP contribution in [0.25, 0.3) is 0 Å². The SMILES string of the molecule is CN(Cc1ccccc1)[C@@H]1CCc2c(ccc(OCc3ccccc3)c2OCc2ccccc2)[C@H]1O. The van der Waals surface area contributed by atoms with Gasteiger partial charge in [0.1, 0.15) is 13.2 Å². The summed E-state index contributed by atoms with van der Waals surface area (Å²) in [5, 5.41) is 11.4. The molecule has 0 radical (unpaired) electrons. The minimum absolute atomic E-state index is 0.0377. The molecule has 5 rings (SSSR count). The Hall–Kier alpha value is -3.60. The molecule has 0 aliphatic heterocycles. The van der Waals surface area contributed by atoms with Crippen LogP contribution >= 0.6 is 0 Å². The first-order chi connectivity index (χ1) is 17.7. The van der Waals surface area contributed by atoms with Crippen LogP contribution in [0.1, 0.15) is 40.3 Å². The summed E-state index contributed by atoms with van der Waals surface area (Å²) in [6, 6.07) is 34.7. The smallest absolute Gasteiger partial charge is 0.165 e. The monoisotopic (exact) mass is 479 g/mol. The van der Waals surface area contributed by atoms with Crippen molar-refractivity contribution in [3.8, 4) is 11.5 Å². The molecule has 0 heterocycles. The summed E-state index contributed by atoms with van der Waals surface area (Å²) in [6.07, 6.45) is 1.08. The topological polar surface area (TPSA) is 41.9 Å². The number of rotatable bonds is 9. The van der Waals surface area contributed by atoms with Gasteiger partial charge in [-0.25, -0.2) is 0 Å². The normalized spacial score (nSPS) is 17.0. The standard InChI is InChI=1S/C32H33NO3/c1-33(21-24-11-5-2-6-12-24)29-19-17-28-27(31(29)34)18-20-30(35-22-25-13-7-3-8-14-25)32(28)36-23-26-15-9-4-10-16-26/h2-16,18,20,29,31,34H,17,19,21-23H2,1H3/t29-,31-/m1/s1. The molecule has 1 aliphatic carbocycles. The van der Waals surface area contributed by atoms with Crippen molar-refractivity contribution in [3.05, 3.63) is 131 Å². The molecule has 4 heteroatoms. The highest BCUT2D eigenvalue weighted by Gasteiger charge is 2.33. The van der Waals surface area contributed by atoms with Crippen molar-refractivity contribution >= 4 is 0 Å². The van der Waals surface area contributed by atoms with E-state index in [0.29, 0.717) is 13.2 Å². The van der Waals surface area contributed by atoms with Crippen LogP contribution in [0.2, 0.25) is 0 Å². The third-order valence-electron chi connectivity index (χ3n) is 6.94. The molecular formula is C32H33NO3. The van der Waals surface area contributed by atoms with Crippen molar-refractivity contribution in [2.75, 3.05) is 7.05 Å². The molecule has 1 aliphatic rings. The number of aliphatic hydroxyl groups is 1. The predicted octanol–water partition coefficient (Wildman–Crippen LogP) is 6.32. The van der Waals surface area contributed by atoms with Gasteiger partial charge in [0.25, 0.3) is 0 Å². The van der Waals surface area contributed by atoms with E-state index in [9.17, 15) is 5.11 Å². The summed E-state index contributed by atoms with van der Waals surface area (Å²) in [6.45, 7) is 1.71. The van der Waals surface area contributed by atoms with E-state index in [0.717, 1.165) is 53.1 Å². The fourth-order valence-corrected chi connectivity index (χ4v) is 5.00. The molecule has 0 saturated heterocycles. The number of fused-ring (bicyclic) bond motifs is 1. The Bertz CT molecular complexity index is 1240. The number of hydrogen-bond donors (Lipinski definition) is 1. The van der Waals surface area contributed by atoms with E-state index in [-0.39, 0.29) is 6.04 Å². The number of likely N-dealkylation sites (N-methyl/N-ethyl adjacent to an activating group) is 1. The van der Waals surface area contributed by atoms with E-state index in [1.807, 2.05) is 54.6 Å². The van der Waals surface area contributed by atoms with Crippen molar-refractivity contribution in [1.29, 1.82) is 0 Å². The Morgan fingerprint density at radius 2 is 1.28 bits per heavy atom. The lowest BCUT2D eigenvalue weighted by Gasteiger charge is -2.37. The third kappa shape index (κ3) is 5.62. The second-order valence-electron chi connectivity index (χ2n) is 9.46. The quantitative estimate of drug-likeness (QED) is 0.305. The number of nitrogens with zero attached hydrogens (tertiary/aromatic N) is 1. The lowest BCUT2D eigenvalue weighted by Crippen LogP contribution is -2.39. The third-order valence-corrected chi connectivity index (χ3v) is 6.94. The van der Waals surface area contributed by atoms with E-state index in [1.165, 1.54) is 5.56 Å². The second-order valence-corrected chi connectivity index (χ2v) is 9.46. The number of ether oxygens (including phenoxy) is 2. The van der Waals surface area contributed by atoms with Gasteiger partial charge in [-0.05, 0) is 48.2 Å². The van der Waals surface area contributed by atoms with Crippen LogP contribution < -0.4 is 9.47 Å². The average Bonchev–Trinajstić information content (AvgIpc) is 2.92. The van der Waals surface area contributed by atoms with Crippen molar-refractivity contribution in [1.82, 2.24) is 4.90 Å². The van der Waals surface area contributed by atoms with Gasteiger partial charge in [-0.2, -0.15) is 0 Å². The van der Waals surface area contributed by atoms with Crippen molar-refractivity contribution in [2.24, 2.45) is 0 Å². The van der Waals surface area contributed by atoms with Gasteiger partial charge in [0.15, 0.2) is 11.5 Å². The van der Waals surface area contributed by atoms with Gasteiger partial charge in [-0.1, -0.05) is 97.1 Å². The molecule has 0 fully saturated rings. The van der Waals surface area contributed by atoms with E-state index in [2.05, 4.69) is 60.5 Å². The predicted molar refractivity (Wildman–Crippen MR) is 143 cm³/mol. The van der Waals surface area contributed by atoms with Gasteiger partial charge < -0.3 is 14.6 Å². The summed E-state index contributed by atoms with van der Waals surface area (Å²) < 4.78 is 12.6. The molecule has 184 valence electrons. The number of aliphatic hydroxyl groups excluding tert-OH is 1. The van der Waals surface area contributed by atoms with Crippen molar-refractivity contribution in [3.63, 3.8) is 0 Å². The van der Waals surface area contributed by atoms with Gasteiger partial charge in [0.05, 0.1) is 6.10 Å². The molecule has 0 unspecified atom stereocenters. The van der Waals surface area contributed by atoms with Gasteiger partial charge in [-0.15, -0.1) is 0 Å². The average molecular weight is 480 g/mol. The van der Waals surface area contributed by atoms with Crippen LogP contribution in [0.15, 0.2) is 103 Å². The van der Waals surface area contributed by atoms with Crippen LogP contribution in [0.4, 0.5) is 0 Å². The molecule has 1 N–H and O–H groups in total. The fraction of sp³-hybridized carbons (Fsp3) is 0.250. The molecule has 0 spiro atoms. The first-order valence-corrected chi connectivity index (χ1v) is 12.6. The lowest BCUT2D eigenvalue weighted by molar-refractivity contribution is 0.0454. The molecule has 36 heavy (non-hydrogen) atoms. The van der Waals surface area contributed by atoms with Crippen molar-refractivity contribution in [2.45, 2.75) is 44.7 Å². The Labute approximate surface area is 213 Å². The first-order valence-electron chi connectivity index (χ1n) is 12.6. The van der Waals surface area contributed by atoms with Gasteiger partial charge in [0.2, 0.25) is 0 Å². The summed E-state index contributed by atoms with van der Waals surface area (Å²) in [5.74, 6) is 1.47. The highest BCUT2D eigenvalue weighted by molar-refractivity contribution is 5.53. The minimum atomic E-state index is -0.593. The zero-order valence-electron chi connectivity index (χ0n) is 20.7. The molecule has 0 amide bonds. The van der Waals surface area contributed by atoms with Gasteiger partial charge in [0, 0.05) is 18.2 Å². The first kappa shape index (κ1) is 24.1. The van der Waals surface area contributed by atoms with Crippen LogP contribution in [0.5, 0.6) is 11.5 Å². The highest BCUT2D eigenvalue weighted by Crippen LogP contribution is 2.43. The van der Waals surface area contributed by atoms with Crippen LogP contribution in [-0.2, 0) is 26.2 Å². The van der Waals surface area contributed by atoms with Crippen LogP contribution in [0.3, 0.4) is 0 Å². The Balaban J connectivity index is 1.39. The maximum Gasteiger partial charge on any atom is 0.165 e. The summed E-state index contributed by atoms with van der Waals surface area (Å²) >= 11 is 0. The summed E-state index contributed by atoms with van der Waals surface area (Å²) in [4.78, 5) is 2.26. The van der Waals surface area contributed by atoms with Crippen LogP contribution in [0, 0.1) is 0 Å². The molecule has 4 aromatic rings. The second kappa shape index (κ2) is 11.4. The fourth-order valence-electron chi connectivity index (χ4n) is 5.00.